The van der Waals surface area contributed by atoms with Gasteiger partial charge >= 0.3 is 10.2 Å². The van der Waals surface area contributed by atoms with Crippen LogP contribution in [-0.4, -0.2) is 13.7 Å². The second kappa shape index (κ2) is 12.6. The van der Waals surface area contributed by atoms with E-state index in [1.807, 2.05) is 0 Å². The predicted octanol–water partition coefficient (Wildman–Crippen LogP) is 5.77. The molecule has 0 aliphatic carbocycles. The first kappa shape index (κ1) is 19.9. The van der Waals surface area contributed by atoms with Gasteiger partial charge in [0.1, 0.15) is 0 Å². The molecule has 0 bridgehead atoms. The van der Waals surface area contributed by atoms with Crippen molar-refractivity contribution in [2.24, 2.45) is 0 Å². The molecular formula is C16H33FO2S. The highest BCUT2D eigenvalue weighted by molar-refractivity contribution is 7.87. The summed E-state index contributed by atoms with van der Waals surface area (Å²) >= 11 is 0. The maximum Gasteiger partial charge on any atom is 0.305 e. The summed E-state index contributed by atoms with van der Waals surface area (Å²) in [4.78, 5) is 0. The van der Waals surface area contributed by atoms with E-state index in [2.05, 4.69) is 6.92 Å². The van der Waals surface area contributed by atoms with Crippen molar-refractivity contribution >= 4 is 10.2 Å². The predicted molar refractivity (Wildman–Crippen MR) is 85.2 cm³/mol. The molecule has 2 nitrogen and oxygen atoms in total. The van der Waals surface area contributed by atoms with Crippen molar-refractivity contribution in [3.8, 4) is 0 Å². The fourth-order valence-electron chi connectivity index (χ4n) is 2.58. The molecule has 0 fully saturated rings. The summed E-state index contributed by atoms with van der Waals surface area (Å²) < 4.78 is 34.4. The van der Waals surface area contributed by atoms with Crippen LogP contribution in [0.4, 0.5) is 3.89 Å². The Balaban J connectivity index is 3.32. The third-order valence-corrected chi connectivity index (χ3v) is 5.35. The van der Waals surface area contributed by atoms with E-state index < -0.39 is 15.5 Å². The third-order valence-electron chi connectivity index (χ3n) is 3.98. The van der Waals surface area contributed by atoms with Gasteiger partial charge in [0.05, 0.1) is 5.25 Å². The Kier molecular flexibility index (Phi) is 12.5. The quantitative estimate of drug-likeness (QED) is 0.302. The summed E-state index contributed by atoms with van der Waals surface area (Å²) in [6.45, 7) is 3.97. The first-order valence-electron chi connectivity index (χ1n) is 8.45. The summed E-state index contributed by atoms with van der Waals surface area (Å²) in [5, 5.41) is -0.777. The molecule has 122 valence electrons. The number of rotatable bonds is 14. The first-order chi connectivity index (χ1) is 9.52. The van der Waals surface area contributed by atoms with Crippen molar-refractivity contribution in [1.29, 1.82) is 0 Å². The third kappa shape index (κ3) is 11.7. The molecule has 0 spiro atoms. The number of unbranched alkanes of at least 4 members (excludes halogenated alkanes) is 10. The van der Waals surface area contributed by atoms with Gasteiger partial charge in [-0.25, -0.2) is 0 Å². The Morgan fingerprint density at radius 3 is 1.50 bits per heavy atom. The van der Waals surface area contributed by atoms with Crippen molar-refractivity contribution in [3.05, 3.63) is 0 Å². The highest BCUT2D eigenvalue weighted by atomic mass is 32.3. The monoisotopic (exact) mass is 308 g/mol. The lowest BCUT2D eigenvalue weighted by molar-refractivity contribution is 0.504. The van der Waals surface area contributed by atoms with Crippen LogP contribution in [0.2, 0.25) is 0 Å². The second-order valence-corrected chi connectivity index (χ2v) is 7.45. The maximum absolute atomic E-state index is 12.8. The zero-order chi connectivity index (χ0) is 15.3. The molecule has 0 aliphatic rings. The van der Waals surface area contributed by atoms with Crippen molar-refractivity contribution in [1.82, 2.24) is 0 Å². The van der Waals surface area contributed by atoms with Gasteiger partial charge in [-0.05, 0) is 12.8 Å². The molecule has 4 heteroatoms. The van der Waals surface area contributed by atoms with Gasteiger partial charge < -0.3 is 0 Å². The van der Waals surface area contributed by atoms with Gasteiger partial charge in [0, 0.05) is 0 Å². The normalized spacial score (nSPS) is 13.6. The van der Waals surface area contributed by atoms with Gasteiger partial charge in [-0.1, -0.05) is 84.5 Å². The lowest BCUT2D eigenvalue weighted by Crippen LogP contribution is -2.15. The van der Waals surface area contributed by atoms with Gasteiger partial charge in [0.15, 0.2) is 0 Å². The molecule has 0 amide bonds. The summed E-state index contributed by atoms with van der Waals surface area (Å²) in [6, 6.07) is 0. The zero-order valence-electron chi connectivity index (χ0n) is 13.4. The molecule has 0 aliphatic heterocycles. The van der Waals surface area contributed by atoms with E-state index in [0.29, 0.717) is 12.8 Å². The van der Waals surface area contributed by atoms with Crippen LogP contribution < -0.4 is 0 Å². The largest absolute Gasteiger partial charge is 0.305 e. The Bertz CT molecular complexity index is 302. The Morgan fingerprint density at radius 2 is 1.15 bits per heavy atom. The van der Waals surface area contributed by atoms with Crippen LogP contribution in [-0.2, 0) is 10.2 Å². The number of hydrogen-bond acceptors (Lipinski definition) is 2. The van der Waals surface area contributed by atoms with E-state index >= 15 is 0 Å². The minimum Gasteiger partial charge on any atom is -0.195 e. The van der Waals surface area contributed by atoms with Crippen LogP contribution in [0.5, 0.6) is 0 Å². The standard InChI is InChI=1S/C16H33FO2S/c1-3-5-6-7-8-9-10-11-12-13-14-15-16(4-2)20(17,18)19/h16H,3-15H2,1-2H3. The molecule has 0 radical (unpaired) electrons. The van der Waals surface area contributed by atoms with Crippen LogP contribution in [0.1, 0.15) is 97.3 Å². The molecule has 0 aromatic heterocycles. The van der Waals surface area contributed by atoms with Crippen LogP contribution in [0.3, 0.4) is 0 Å². The van der Waals surface area contributed by atoms with E-state index in [9.17, 15) is 12.3 Å². The van der Waals surface area contributed by atoms with Crippen LogP contribution >= 0.6 is 0 Å². The minimum atomic E-state index is -4.33. The summed E-state index contributed by atoms with van der Waals surface area (Å²) in [7, 11) is -4.33. The van der Waals surface area contributed by atoms with E-state index in [0.717, 1.165) is 19.3 Å². The maximum atomic E-state index is 12.8. The molecule has 0 aromatic carbocycles. The molecule has 0 N–H and O–H groups in total. The topological polar surface area (TPSA) is 34.1 Å². The van der Waals surface area contributed by atoms with Crippen LogP contribution in [0.15, 0.2) is 0 Å². The smallest absolute Gasteiger partial charge is 0.195 e. The van der Waals surface area contributed by atoms with Crippen molar-refractivity contribution < 1.29 is 12.3 Å². The van der Waals surface area contributed by atoms with Gasteiger partial charge in [0.25, 0.3) is 0 Å². The van der Waals surface area contributed by atoms with Gasteiger partial charge in [-0.3, -0.25) is 0 Å². The number of hydrogen-bond donors (Lipinski definition) is 0. The molecule has 0 saturated carbocycles. The van der Waals surface area contributed by atoms with Gasteiger partial charge in [-0.2, -0.15) is 8.42 Å². The molecule has 0 aromatic rings. The van der Waals surface area contributed by atoms with E-state index in [1.54, 1.807) is 6.92 Å². The Labute approximate surface area is 125 Å². The molecule has 1 unspecified atom stereocenters. The van der Waals surface area contributed by atoms with E-state index in [1.165, 1.54) is 51.4 Å². The minimum absolute atomic E-state index is 0.386. The highest BCUT2D eigenvalue weighted by Crippen LogP contribution is 2.17. The van der Waals surface area contributed by atoms with Crippen molar-refractivity contribution in [2.45, 2.75) is 103 Å². The second-order valence-electron chi connectivity index (χ2n) is 5.83. The molecule has 0 rings (SSSR count). The average Bonchev–Trinajstić information content (AvgIpc) is 2.38. The summed E-state index contributed by atoms with van der Waals surface area (Å²) in [5.74, 6) is 0. The zero-order valence-corrected chi connectivity index (χ0v) is 14.2. The lowest BCUT2D eigenvalue weighted by Gasteiger charge is -2.09. The van der Waals surface area contributed by atoms with Crippen molar-refractivity contribution in [2.75, 3.05) is 0 Å². The molecule has 0 saturated heterocycles. The van der Waals surface area contributed by atoms with Crippen LogP contribution in [0, 0.1) is 0 Å². The lowest BCUT2D eigenvalue weighted by atomic mass is 10.0. The SMILES string of the molecule is CCCCCCCCCCCCCC(CC)S(=O)(=O)F. The van der Waals surface area contributed by atoms with Crippen LogP contribution in [0.25, 0.3) is 0 Å². The van der Waals surface area contributed by atoms with Crippen molar-refractivity contribution in [3.63, 3.8) is 0 Å². The molecule has 0 heterocycles. The Hall–Kier alpha value is -0.120. The fraction of sp³-hybridized carbons (Fsp3) is 1.00. The van der Waals surface area contributed by atoms with E-state index in [4.69, 9.17) is 0 Å². The van der Waals surface area contributed by atoms with Gasteiger partial charge in [0.2, 0.25) is 0 Å². The summed E-state index contributed by atoms with van der Waals surface area (Å²) in [5.41, 5.74) is 0. The fourth-order valence-corrected chi connectivity index (χ4v) is 3.43. The molecular weight excluding hydrogens is 275 g/mol. The highest BCUT2D eigenvalue weighted by Gasteiger charge is 2.21. The molecule has 1 atom stereocenters. The van der Waals surface area contributed by atoms with Gasteiger partial charge in [-0.15, -0.1) is 3.89 Å². The van der Waals surface area contributed by atoms with E-state index in [-0.39, 0.29) is 0 Å². The molecule has 20 heavy (non-hydrogen) atoms. The average molecular weight is 309 g/mol. The number of halogens is 1. The Morgan fingerprint density at radius 1 is 0.750 bits per heavy atom. The first-order valence-corrected chi connectivity index (χ1v) is 9.90. The summed E-state index contributed by atoms with van der Waals surface area (Å²) in [6.07, 6.45) is 14.4.